The summed E-state index contributed by atoms with van der Waals surface area (Å²) in [5.74, 6) is 4.98. The average molecular weight is 227 g/mol. The molecule has 0 radical (unpaired) electrons. The van der Waals surface area contributed by atoms with Gasteiger partial charge in [-0.1, -0.05) is 19.8 Å². The lowest BCUT2D eigenvalue weighted by atomic mass is 10.1. The Hall–Kier alpha value is -0.610. The molecular formula is C12H25N3O. The molecule has 1 rings (SSSR count). The first kappa shape index (κ1) is 13.5. The van der Waals surface area contributed by atoms with Crippen molar-refractivity contribution in [2.45, 2.75) is 57.9 Å². The number of unbranched alkanes of at least 4 members (excludes halogenated alkanes) is 1. The lowest BCUT2D eigenvalue weighted by Gasteiger charge is -2.27. The van der Waals surface area contributed by atoms with Crippen LogP contribution >= 0.6 is 0 Å². The topological polar surface area (TPSA) is 58.4 Å². The van der Waals surface area contributed by atoms with Crippen LogP contribution in [-0.2, 0) is 4.79 Å². The Morgan fingerprint density at radius 1 is 1.38 bits per heavy atom. The lowest BCUT2D eigenvalue weighted by Crippen LogP contribution is -2.34. The summed E-state index contributed by atoms with van der Waals surface area (Å²) < 4.78 is 0. The van der Waals surface area contributed by atoms with Gasteiger partial charge >= 0.3 is 0 Å². The van der Waals surface area contributed by atoms with Crippen LogP contribution in [0.1, 0.15) is 51.9 Å². The van der Waals surface area contributed by atoms with Crippen LogP contribution in [-0.4, -0.2) is 29.9 Å². The molecule has 0 aromatic rings. The summed E-state index contributed by atoms with van der Waals surface area (Å²) in [7, 11) is 0. The second-order valence-corrected chi connectivity index (χ2v) is 4.59. The highest BCUT2D eigenvalue weighted by atomic mass is 16.2. The summed E-state index contributed by atoms with van der Waals surface area (Å²) in [6.45, 7) is 4.48. The van der Waals surface area contributed by atoms with Crippen molar-refractivity contribution in [3.05, 3.63) is 0 Å². The van der Waals surface area contributed by atoms with Crippen LogP contribution in [0, 0.1) is 0 Å². The molecule has 0 atom stereocenters. The van der Waals surface area contributed by atoms with Gasteiger partial charge in [-0.15, -0.1) is 0 Å². The van der Waals surface area contributed by atoms with E-state index in [2.05, 4.69) is 17.2 Å². The van der Waals surface area contributed by atoms with Gasteiger partial charge in [-0.2, -0.15) is 0 Å². The van der Waals surface area contributed by atoms with E-state index in [0.717, 1.165) is 32.0 Å². The van der Waals surface area contributed by atoms with Crippen molar-refractivity contribution in [3.63, 3.8) is 0 Å². The molecular weight excluding hydrogens is 202 g/mol. The summed E-state index contributed by atoms with van der Waals surface area (Å²) in [6.07, 6.45) is 8.07. The molecule has 1 fully saturated rings. The highest BCUT2D eigenvalue weighted by Gasteiger charge is 2.20. The van der Waals surface area contributed by atoms with Gasteiger partial charge in [0.05, 0.1) is 0 Å². The van der Waals surface area contributed by atoms with Gasteiger partial charge in [0.2, 0.25) is 5.91 Å². The second-order valence-electron chi connectivity index (χ2n) is 4.59. The van der Waals surface area contributed by atoms with Crippen LogP contribution in [0.25, 0.3) is 0 Å². The fraction of sp³-hybridized carbons (Fsp3) is 0.917. The first-order chi connectivity index (χ1) is 7.77. The standard InChI is InChI=1S/C12H25N3O/c1-2-15(11-7-3-4-8-11)10-6-5-9-12(16)14-13/h11H,2-10,13H2,1H3,(H,14,16). The molecule has 1 saturated carbocycles. The molecule has 0 aromatic carbocycles. The minimum absolute atomic E-state index is 0.0519. The molecule has 1 aliphatic rings. The van der Waals surface area contributed by atoms with Crippen molar-refractivity contribution in [2.24, 2.45) is 5.84 Å². The molecule has 0 aromatic heterocycles. The van der Waals surface area contributed by atoms with Gasteiger partial charge in [0.25, 0.3) is 0 Å². The second kappa shape index (κ2) is 7.63. The van der Waals surface area contributed by atoms with Crippen LogP contribution in [0.3, 0.4) is 0 Å². The van der Waals surface area contributed by atoms with Crippen LogP contribution in [0.4, 0.5) is 0 Å². The molecule has 3 N–H and O–H groups in total. The Morgan fingerprint density at radius 2 is 2.06 bits per heavy atom. The average Bonchev–Trinajstić information content (AvgIpc) is 2.82. The quantitative estimate of drug-likeness (QED) is 0.299. The molecule has 0 saturated heterocycles. The number of nitrogens with one attached hydrogen (secondary N) is 1. The van der Waals surface area contributed by atoms with E-state index in [1.807, 2.05) is 0 Å². The first-order valence-corrected chi connectivity index (χ1v) is 6.51. The molecule has 0 aliphatic heterocycles. The molecule has 1 amide bonds. The van der Waals surface area contributed by atoms with Crippen molar-refractivity contribution in [3.8, 4) is 0 Å². The number of amides is 1. The SMILES string of the molecule is CCN(CCCCC(=O)NN)C1CCCC1. The van der Waals surface area contributed by atoms with Crippen molar-refractivity contribution in [2.75, 3.05) is 13.1 Å². The van der Waals surface area contributed by atoms with Crippen LogP contribution in [0.2, 0.25) is 0 Å². The maximum absolute atomic E-state index is 10.9. The van der Waals surface area contributed by atoms with Crippen molar-refractivity contribution < 1.29 is 4.79 Å². The summed E-state index contributed by atoms with van der Waals surface area (Å²) in [4.78, 5) is 13.5. The van der Waals surface area contributed by atoms with E-state index in [4.69, 9.17) is 5.84 Å². The number of nitrogens with zero attached hydrogens (tertiary/aromatic N) is 1. The third-order valence-electron chi connectivity index (χ3n) is 3.51. The number of hydrogen-bond acceptors (Lipinski definition) is 3. The summed E-state index contributed by atoms with van der Waals surface area (Å²) >= 11 is 0. The zero-order valence-electron chi connectivity index (χ0n) is 10.4. The zero-order chi connectivity index (χ0) is 11.8. The van der Waals surface area contributed by atoms with E-state index < -0.39 is 0 Å². The summed E-state index contributed by atoms with van der Waals surface area (Å²) in [6, 6.07) is 0.799. The minimum Gasteiger partial charge on any atom is -0.301 e. The van der Waals surface area contributed by atoms with Gasteiger partial charge in [0.15, 0.2) is 0 Å². The van der Waals surface area contributed by atoms with Gasteiger partial charge in [0, 0.05) is 12.5 Å². The number of rotatable bonds is 7. The van der Waals surface area contributed by atoms with E-state index in [1.165, 1.54) is 25.7 Å². The largest absolute Gasteiger partial charge is 0.301 e. The zero-order valence-corrected chi connectivity index (χ0v) is 10.4. The molecule has 94 valence electrons. The number of nitrogens with two attached hydrogens (primary N) is 1. The third-order valence-corrected chi connectivity index (χ3v) is 3.51. The fourth-order valence-corrected chi connectivity index (χ4v) is 2.54. The maximum Gasteiger partial charge on any atom is 0.233 e. The number of hydrogen-bond donors (Lipinski definition) is 2. The van der Waals surface area contributed by atoms with Crippen LogP contribution < -0.4 is 11.3 Å². The van der Waals surface area contributed by atoms with E-state index in [1.54, 1.807) is 0 Å². The van der Waals surface area contributed by atoms with E-state index in [9.17, 15) is 4.79 Å². The molecule has 0 bridgehead atoms. The molecule has 0 spiro atoms. The van der Waals surface area contributed by atoms with E-state index in [0.29, 0.717) is 6.42 Å². The number of hydrazine groups is 1. The highest BCUT2D eigenvalue weighted by molar-refractivity contribution is 5.75. The maximum atomic E-state index is 10.9. The van der Waals surface area contributed by atoms with Crippen LogP contribution in [0.5, 0.6) is 0 Å². The Kier molecular flexibility index (Phi) is 6.42. The molecule has 1 aliphatic carbocycles. The molecule has 4 nitrogen and oxygen atoms in total. The monoisotopic (exact) mass is 227 g/mol. The normalized spacial score (nSPS) is 16.9. The Bertz CT molecular complexity index is 202. The summed E-state index contributed by atoms with van der Waals surface area (Å²) in [5, 5.41) is 0. The van der Waals surface area contributed by atoms with Gasteiger partial charge < -0.3 is 4.90 Å². The van der Waals surface area contributed by atoms with Gasteiger partial charge in [0.1, 0.15) is 0 Å². The Morgan fingerprint density at radius 3 is 2.62 bits per heavy atom. The van der Waals surface area contributed by atoms with Crippen molar-refractivity contribution >= 4 is 5.91 Å². The van der Waals surface area contributed by atoms with Crippen LogP contribution in [0.15, 0.2) is 0 Å². The molecule has 4 heteroatoms. The van der Waals surface area contributed by atoms with Gasteiger partial charge in [-0.05, 0) is 38.8 Å². The summed E-state index contributed by atoms with van der Waals surface area (Å²) in [5.41, 5.74) is 2.17. The van der Waals surface area contributed by atoms with E-state index >= 15 is 0 Å². The Labute approximate surface area is 98.5 Å². The predicted molar refractivity (Wildman–Crippen MR) is 65.7 cm³/mol. The van der Waals surface area contributed by atoms with Crippen molar-refractivity contribution in [1.82, 2.24) is 10.3 Å². The molecule has 16 heavy (non-hydrogen) atoms. The van der Waals surface area contributed by atoms with E-state index in [-0.39, 0.29) is 5.91 Å². The van der Waals surface area contributed by atoms with Gasteiger partial charge in [-0.25, -0.2) is 5.84 Å². The fourth-order valence-electron chi connectivity index (χ4n) is 2.54. The predicted octanol–water partition coefficient (Wildman–Crippen LogP) is 1.41. The Balaban J connectivity index is 2.11. The first-order valence-electron chi connectivity index (χ1n) is 6.51. The number of carbonyl (C=O) groups is 1. The van der Waals surface area contributed by atoms with Gasteiger partial charge in [-0.3, -0.25) is 10.2 Å². The highest BCUT2D eigenvalue weighted by Crippen LogP contribution is 2.23. The minimum atomic E-state index is -0.0519. The smallest absolute Gasteiger partial charge is 0.233 e. The molecule has 0 unspecified atom stereocenters. The third kappa shape index (κ3) is 4.49. The number of carbonyl (C=O) groups excluding carboxylic acids is 1. The molecule has 0 heterocycles. The lowest BCUT2D eigenvalue weighted by molar-refractivity contribution is -0.121. The van der Waals surface area contributed by atoms with Crippen molar-refractivity contribution in [1.29, 1.82) is 0 Å².